The van der Waals surface area contributed by atoms with Crippen LogP contribution in [-0.4, -0.2) is 34.2 Å². The molecule has 0 fully saturated rings. The Hall–Kier alpha value is -4.10. The van der Waals surface area contributed by atoms with Gasteiger partial charge in [0.25, 0.3) is 11.8 Å². The lowest BCUT2D eigenvalue weighted by Gasteiger charge is -2.33. The average Bonchev–Trinajstić information content (AvgIpc) is 3.28. The normalized spacial score (nSPS) is 14.9. The zero-order valence-corrected chi connectivity index (χ0v) is 18.9. The van der Waals surface area contributed by atoms with Crippen LogP contribution in [-0.2, 0) is 11.3 Å². The van der Waals surface area contributed by atoms with Crippen LogP contribution < -0.4 is 15.4 Å². The molecule has 4 aromatic rings. The molecule has 0 bridgehead atoms. The first-order valence-electron chi connectivity index (χ1n) is 10.7. The predicted octanol–water partition coefficient (Wildman–Crippen LogP) is 4.14. The predicted molar refractivity (Wildman–Crippen MR) is 130 cm³/mol. The molecule has 3 aromatic carbocycles. The van der Waals surface area contributed by atoms with Gasteiger partial charge in [-0.05, 0) is 23.8 Å². The number of halogens is 1. The number of fused-ring (bicyclic) bond motifs is 1. The van der Waals surface area contributed by atoms with Gasteiger partial charge in [-0.2, -0.15) is 5.10 Å². The van der Waals surface area contributed by atoms with Crippen molar-refractivity contribution in [1.82, 2.24) is 9.78 Å². The van der Waals surface area contributed by atoms with Crippen molar-refractivity contribution < 1.29 is 14.3 Å². The van der Waals surface area contributed by atoms with E-state index < -0.39 is 12.0 Å². The highest BCUT2D eigenvalue weighted by Gasteiger charge is 2.34. The molecule has 0 saturated carbocycles. The molecule has 0 saturated heterocycles. The van der Waals surface area contributed by atoms with Gasteiger partial charge in [0.05, 0.1) is 24.3 Å². The van der Waals surface area contributed by atoms with E-state index >= 15 is 0 Å². The van der Waals surface area contributed by atoms with E-state index in [1.165, 1.54) is 4.90 Å². The average molecular weight is 473 g/mol. The zero-order chi connectivity index (χ0) is 23.7. The maximum absolute atomic E-state index is 13.9. The molecular weight excluding hydrogens is 452 g/mol. The fraction of sp³-hybridized carbons (Fsp3) is 0.115. The van der Waals surface area contributed by atoms with Crippen LogP contribution in [0.15, 0.2) is 85.1 Å². The molecular formula is C26H21ClN4O3. The smallest absolute Gasteiger partial charge is 0.262 e. The summed E-state index contributed by atoms with van der Waals surface area (Å²) in [5.41, 5.74) is 8.72. The van der Waals surface area contributed by atoms with Crippen LogP contribution in [0.4, 0.5) is 5.69 Å². The monoisotopic (exact) mass is 472 g/mol. The molecule has 34 heavy (non-hydrogen) atoms. The molecule has 1 aromatic heterocycles. The second-order valence-electron chi connectivity index (χ2n) is 7.94. The van der Waals surface area contributed by atoms with Crippen molar-refractivity contribution in [2.45, 2.75) is 12.6 Å². The number of nitrogens with two attached hydrogens (primary N) is 1. The summed E-state index contributed by atoms with van der Waals surface area (Å²) < 4.78 is 7.42. The number of hydrogen-bond acceptors (Lipinski definition) is 4. The van der Waals surface area contributed by atoms with E-state index in [0.29, 0.717) is 34.3 Å². The standard InChI is InChI=1S/C26H21ClN4O3/c27-20-11-5-4-10-18(20)14-30-15-19(24(29-30)17-8-2-1-3-9-17)26(33)31-16-23(25(28)32)34-22-13-7-6-12-21(22)31/h1-13,15,23H,14,16H2,(H2,28,32). The van der Waals surface area contributed by atoms with Crippen LogP contribution >= 0.6 is 11.6 Å². The van der Waals surface area contributed by atoms with Gasteiger partial charge in [0.2, 0.25) is 0 Å². The minimum atomic E-state index is -0.947. The highest BCUT2D eigenvalue weighted by atomic mass is 35.5. The van der Waals surface area contributed by atoms with Gasteiger partial charge in [-0.15, -0.1) is 0 Å². The summed E-state index contributed by atoms with van der Waals surface area (Å²) in [5.74, 6) is -0.508. The van der Waals surface area contributed by atoms with Crippen molar-refractivity contribution in [2.75, 3.05) is 11.4 Å². The number of amides is 2. The van der Waals surface area contributed by atoms with Crippen molar-refractivity contribution >= 4 is 29.1 Å². The summed E-state index contributed by atoms with van der Waals surface area (Å²) in [7, 11) is 0. The maximum atomic E-state index is 13.9. The lowest BCUT2D eigenvalue weighted by atomic mass is 10.1. The Labute approximate surface area is 201 Å². The third-order valence-electron chi connectivity index (χ3n) is 5.67. The molecule has 1 aliphatic rings. The Morgan fingerprint density at radius 1 is 1.00 bits per heavy atom. The number of nitrogens with zero attached hydrogens (tertiary/aromatic N) is 3. The fourth-order valence-corrected chi connectivity index (χ4v) is 4.19. The Morgan fingerprint density at radius 3 is 2.47 bits per heavy atom. The number of carbonyl (C=O) groups is 2. The largest absolute Gasteiger partial charge is 0.477 e. The third kappa shape index (κ3) is 4.13. The molecule has 1 atom stereocenters. The first-order valence-corrected chi connectivity index (χ1v) is 11.1. The van der Waals surface area contributed by atoms with E-state index in [-0.39, 0.29) is 12.5 Å². The van der Waals surface area contributed by atoms with Crippen molar-refractivity contribution in [3.8, 4) is 17.0 Å². The molecule has 1 unspecified atom stereocenters. The first kappa shape index (κ1) is 21.7. The van der Waals surface area contributed by atoms with Gasteiger partial charge in [0.15, 0.2) is 6.10 Å². The van der Waals surface area contributed by atoms with Crippen molar-refractivity contribution in [3.05, 3.63) is 101 Å². The Morgan fingerprint density at radius 2 is 1.71 bits per heavy atom. The number of anilines is 1. The Kier molecular flexibility index (Phi) is 5.77. The van der Waals surface area contributed by atoms with E-state index in [4.69, 9.17) is 27.2 Å². The number of primary amides is 1. The van der Waals surface area contributed by atoms with Gasteiger partial charge in [-0.25, -0.2) is 0 Å². The van der Waals surface area contributed by atoms with Crippen LogP contribution in [0.5, 0.6) is 5.75 Å². The molecule has 7 nitrogen and oxygen atoms in total. The summed E-state index contributed by atoms with van der Waals surface area (Å²) in [4.78, 5) is 27.3. The molecule has 0 aliphatic carbocycles. The van der Waals surface area contributed by atoms with Crippen molar-refractivity contribution in [3.63, 3.8) is 0 Å². The lowest BCUT2D eigenvalue weighted by molar-refractivity contribution is -0.124. The fourth-order valence-electron chi connectivity index (χ4n) is 3.99. The van der Waals surface area contributed by atoms with Gasteiger partial charge in [0, 0.05) is 16.8 Å². The van der Waals surface area contributed by atoms with Crippen LogP contribution in [0.3, 0.4) is 0 Å². The maximum Gasteiger partial charge on any atom is 0.262 e. The minimum absolute atomic E-state index is 0.00903. The molecule has 2 heterocycles. The second-order valence-corrected chi connectivity index (χ2v) is 8.35. The van der Waals surface area contributed by atoms with Gasteiger partial charge in [0.1, 0.15) is 11.4 Å². The Bertz CT molecular complexity index is 1370. The first-order chi connectivity index (χ1) is 16.5. The zero-order valence-electron chi connectivity index (χ0n) is 18.1. The second kappa shape index (κ2) is 9.03. The summed E-state index contributed by atoms with van der Waals surface area (Å²) in [5, 5.41) is 5.35. The number of benzene rings is 3. The van der Waals surface area contributed by atoms with Crippen molar-refractivity contribution in [1.29, 1.82) is 0 Å². The number of hydrogen-bond donors (Lipinski definition) is 1. The molecule has 2 amide bonds. The van der Waals surface area contributed by atoms with Gasteiger partial charge < -0.3 is 15.4 Å². The van der Waals surface area contributed by atoms with Gasteiger partial charge >= 0.3 is 0 Å². The Balaban J connectivity index is 1.58. The summed E-state index contributed by atoms with van der Waals surface area (Å²) >= 11 is 6.35. The third-order valence-corrected chi connectivity index (χ3v) is 6.03. The van der Waals surface area contributed by atoms with E-state index in [2.05, 4.69) is 0 Å². The molecule has 2 N–H and O–H groups in total. The number of carbonyl (C=O) groups excluding carboxylic acids is 2. The van der Waals surface area contributed by atoms with Crippen LogP contribution in [0.1, 0.15) is 15.9 Å². The summed E-state index contributed by atoms with van der Waals surface area (Å²) in [6.07, 6.45) is 0.767. The number of aromatic nitrogens is 2. The number of rotatable bonds is 5. The van der Waals surface area contributed by atoms with Gasteiger partial charge in [-0.3, -0.25) is 14.3 Å². The molecule has 5 rings (SSSR count). The van der Waals surface area contributed by atoms with Crippen LogP contribution in [0.2, 0.25) is 5.02 Å². The highest BCUT2D eigenvalue weighted by Crippen LogP contribution is 2.35. The topological polar surface area (TPSA) is 90.5 Å². The molecule has 0 spiro atoms. The SMILES string of the molecule is NC(=O)C1CN(C(=O)c2cn(Cc3ccccc3Cl)nc2-c2ccccc2)c2ccccc2O1. The van der Waals surface area contributed by atoms with Crippen molar-refractivity contribution in [2.24, 2.45) is 5.73 Å². The van der Waals surface area contributed by atoms with Crippen LogP contribution in [0.25, 0.3) is 11.3 Å². The van der Waals surface area contributed by atoms with E-state index in [9.17, 15) is 9.59 Å². The number of ether oxygens (including phenoxy) is 1. The van der Waals surface area contributed by atoms with Gasteiger partial charge in [-0.1, -0.05) is 72.3 Å². The quantitative estimate of drug-likeness (QED) is 0.472. The lowest BCUT2D eigenvalue weighted by Crippen LogP contribution is -2.49. The molecule has 170 valence electrons. The van der Waals surface area contributed by atoms with Crippen LogP contribution in [0, 0.1) is 0 Å². The van der Waals surface area contributed by atoms with E-state index in [1.807, 2.05) is 60.7 Å². The molecule has 0 radical (unpaired) electrons. The molecule has 1 aliphatic heterocycles. The minimum Gasteiger partial charge on any atom is -0.477 e. The molecule has 8 heteroatoms. The summed E-state index contributed by atoms with van der Waals surface area (Å²) in [6, 6.07) is 24.1. The van der Waals surface area contributed by atoms with E-state index in [0.717, 1.165) is 11.1 Å². The highest BCUT2D eigenvalue weighted by molar-refractivity contribution is 6.31. The van der Waals surface area contributed by atoms with E-state index in [1.54, 1.807) is 29.1 Å². The number of para-hydroxylation sites is 2. The summed E-state index contributed by atoms with van der Waals surface area (Å²) in [6.45, 7) is 0.408.